The van der Waals surface area contributed by atoms with Gasteiger partial charge in [-0.3, -0.25) is 9.69 Å². The lowest BCUT2D eigenvalue weighted by atomic mass is 10.2. The standard InChI is InChI=1S/C18H31N3O3/c1-12(2)7-21-9-16(8-20(13(3)4)10-18(21)22)23-11-17-14(5)19-24-15(17)6/h12-13,16H,7-11H2,1-6H3. The predicted octanol–water partition coefficient (Wildman–Crippen LogP) is 2.39. The topological polar surface area (TPSA) is 58.8 Å². The summed E-state index contributed by atoms with van der Waals surface area (Å²) in [6.45, 7) is 15.5. The molecule has 24 heavy (non-hydrogen) atoms. The molecule has 6 heteroatoms. The zero-order chi connectivity index (χ0) is 17.9. The molecule has 6 nitrogen and oxygen atoms in total. The van der Waals surface area contributed by atoms with Crippen molar-refractivity contribution in [1.82, 2.24) is 15.0 Å². The minimum absolute atomic E-state index is 0.00806. The maximum Gasteiger partial charge on any atom is 0.236 e. The molecular weight excluding hydrogens is 306 g/mol. The Kier molecular flexibility index (Phi) is 6.40. The highest BCUT2D eigenvalue weighted by Crippen LogP contribution is 2.17. The molecule has 2 rings (SSSR count). The molecule has 1 saturated heterocycles. The first-order valence-corrected chi connectivity index (χ1v) is 8.83. The predicted molar refractivity (Wildman–Crippen MR) is 92.7 cm³/mol. The van der Waals surface area contributed by atoms with Gasteiger partial charge in [0.25, 0.3) is 0 Å². The van der Waals surface area contributed by atoms with Crippen LogP contribution in [0.15, 0.2) is 4.52 Å². The largest absolute Gasteiger partial charge is 0.370 e. The Labute approximate surface area is 145 Å². The first-order valence-electron chi connectivity index (χ1n) is 8.83. The molecule has 0 radical (unpaired) electrons. The molecule has 1 aliphatic heterocycles. The SMILES string of the molecule is Cc1noc(C)c1COC1CN(CC(C)C)C(=O)CN(C(C)C)C1. The Balaban J connectivity index is 2.08. The van der Waals surface area contributed by atoms with Gasteiger partial charge in [-0.1, -0.05) is 19.0 Å². The first-order chi connectivity index (χ1) is 11.3. The van der Waals surface area contributed by atoms with E-state index in [1.165, 1.54) is 0 Å². The zero-order valence-corrected chi connectivity index (χ0v) is 15.8. The molecule has 1 amide bonds. The van der Waals surface area contributed by atoms with Crippen LogP contribution in [0.25, 0.3) is 0 Å². The van der Waals surface area contributed by atoms with Gasteiger partial charge >= 0.3 is 0 Å². The minimum atomic E-state index is -0.00806. The monoisotopic (exact) mass is 337 g/mol. The smallest absolute Gasteiger partial charge is 0.236 e. The quantitative estimate of drug-likeness (QED) is 0.798. The maximum atomic E-state index is 12.6. The summed E-state index contributed by atoms with van der Waals surface area (Å²) in [5.41, 5.74) is 1.88. The van der Waals surface area contributed by atoms with Crippen molar-refractivity contribution < 1.29 is 14.1 Å². The van der Waals surface area contributed by atoms with Crippen molar-refractivity contribution in [2.45, 2.75) is 60.3 Å². The van der Waals surface area contributed by atoms with Crippen LogP contribution in [0.2, 0.25) is 0 Å². The van der Waals surface area contributed by atoms with Crippen LogP contribution in [-0.2, 0) is 16.1 Å². The Morgan fingerprint density at radius 3 is 2.50 bits per heavy atom. The second-order valence-corrected chi connectivity index (χ2v) is 7.45. The van der Waals surface area contributed by atoms with Crippen molar-refractivity contribution >= 4 is 5.91 Å². The average Bonchev–Trinajstić information content (AvgIpc) is 2.71. The van der Waals surface area contributed by atoms with Crippen molar-refractivity contribution in [1.29, 1.82) is 0 Å². The summed E-state index contributed by atoms with van der Waals surface area (Å²) in [4.78, 5) is 16.7. The lowest BCUT2D eigenvalue weighted by molar-refractivity contribution is -0.132. The van der Waals surface area contributed by atoms with E-state index in [0.717, 1.165) is 30.1 Å². The molecule has 1 atom stereocenters. The Bertz CT molecular complexity index is 534. The number of nitrogens with zero attached hydrogens (tertiary/aromatic N) is 3. The van der Waals surface area contributed by atoms with Gasteiger partial charge in [0.1, 0.15) is 5.76 Å². The van der Waals surface area contributed by atoms with Crippen LogP contribution in [0.4, 0.5) is 0 Å². The second-order valence-electron chi connectivity index (χ2n) is 7.45. The van der Waals surface area contributed by atoms with Gasteiger partial charge in [-0.15, -0.1) is 0 Å². The lowest BCUT2D eigenvalue weighted by Gasteiger charge is -2.27. The Morgan fingerprint density at radius 2 is 1.96 bits per heavy atom. The number of carbonyl (C=O) groups is 1. The van der Waals surface area contributed by atoms with Crippen LogP contribution in [0.5, 0.6) is 0 Å². The van der Waals surface area contributed by atoms with E-state index in [1.807, 2.05) is 18.7 Å². The Morgan fingerprint density at radius 1 is 1.25 bits per heavy atom. The molecule has 0 spiro atoms. The van der Waals surface area contributed by atoms with Gasteiger partial charge < -0.3 is 14.2 Å². The summed E-state index contributed by atoms with van der Waals surface area (Å²) in [6, 6.07) is 0.318. The van der Waals surface area contributed by atoms with Crippen LogP contribution in [0.3, 0.4) is 0 Å². The van der Waals surface area contributed by atoms with Gasteiger partial charge in [0.05, 0.1) is 24.9 Å². The average molecular weight is 337 g/mol. The molecule has 0 saturated carbocycles. The third kappa shape index (κ3) is 4.80. The fraction of sp³-hybridized carbons (Fsp3) is 0.778. The highest BCUT2D eigenvalue weighted by molar-refractivity contribution is 5.78. The van der Waals surface area contributed by atoms with Crippen molar-refractivity contribution in [2.24, 2.45) is 5.92 Å². The second kappa shape index (κ2) is 8.12. The van der Waals surface area contributed by atoms with Crippen LogP contribution >= 0.6 is 0 Å². The van der Waals surface area contributed by atoms with E-state index >= 15 is 0 Å². The molecule has 1 aliphatic rings. The number of ether oxygens (including phenoxy) is 1. The fourth-order valence-electron chi connectivity index (χ4n) is 3.03. The summed E-state index contributed by atoms with van der Waals surface area (Å²) in [5.74, 6) is 1.44. The van der Waals surface area contributed by atoms with Gasteiger partial charge in [-0.05, 0) is 33.6 Å². The molecular formula is C18H31N3O3. The summed E-state index contributed by atoms with van der Waals surface area (Å²) in [7, 11) is 0. The summed E-state index contributed by atoms with van der Waals surface area (Å²) < 4.78 is 11.4. The van der Waals surface area contributed by atoms with Crippen molar-refractivity contribution in [3.05, 3.63) is 17.0 Å². The number of hydrogen-bond donors (Lipinski definition) is 0. The lowest BCUT2D eigenvalue weighted by Crippen LogP contribution is -2.40. The van der Waals surface area contributed by atoms with E-state index < -0.39 is 0 Å². The minimum Gasteiger partial charge on any atom is -0.370 e. The molecule has 0 bridgehead atoms. The number of rotatable bonds is 6. The van der Waals surface area contributed by atoms with E-state index in [0.29, 0.717) is 31.7 Å². The van der Waals surface area contributed by atoms with Crippen molar-refractivity contribution in [3.8, 4) is 0 Å². The molecule has 136 valence electrons. The van der Waals surface area contributed by atoms with Crippen LogP contribution < -0.4 is 0 Å². The fourth-order valence-corrected chi connectivity index (χ4v) is 3.03. The molecule has 0 aromatic carbocycles. The van der Waals surface area contributed by atoms with Gasteiger partial charge in [0, 0.05) is 31.2 Å². The third-order valence-corrected chi connectivity index (χ3v) is 4.51. The summed E-state index contributed by atoms with van der Waals surface area (Å²) in [5, 5.41) is 3.98. The first kappa shape index (κ1) is 18.9. The van der Waals surface area contributed by atoms with Crippen molar-refractivity contribution in [2.75, 3.05) is 26.2 Å². The number of amides is 1. The number of carbonyl (C=O) groups excluding carboxylic acids is 1. The molecule has 2 heterocycles. The highest BCUT2D eigenvalue weighted by Gasteiger charge is 2.30. The van der Waals surface area contributed by atoms with Crippen LogP contribution in [-0.4, -0.2) is 59.2 Å². The van der Waals surface area contributed by atoms with Crippen molar-refractivity contribution in [3.63, 3.8) is 0 Å². The molecule has 1 fully saturated rings. The molecule has 1 unspecified atom stereocenters. The molecule has 0 N–H and O–H groups in total. The molecule has 1 aromatic rings. The normalized spacial score (nSPS) is 20.2. The van der Waals surface area contributed by atoms with E-state index in [-0.39, 0.29) is 12.0 Å². The van der Waals surface area contributed by atoms with Gasteiger partial charge in [-0.2, -0.15) is 0 Å². The molecule has 1 aromatic heterocycles. The van der Waals surface area contributed by atoms with Gasteiger partial charge in [-0.25, -0.2) is 0 Å². The van der Waals surface area contributed by atoms with E-state index in [1.54, 1.807) is 0 Å². The highest BCUT2D eigenvalue weighted by atomic mass is 16.5. The van der Waals surface area contributed by atoms with Gasteiger partial charge in [0.2, 0.25) is 5.91 Å². The van der Waals surface area contributed by atoms with E-state index in [9.17, 15) is 4.79 Å². The number of aryl methyl sites for hydroxylation is 2. The zero-order valence-electron chi connectivity index (χ0n) is 15.8. The number of hydrogen-bond acceptors (Lipinski definition) is 5. The third-order valence-electron chi connectivity index (χ3n) is 4.51. The van der Waals surface area contributed by atoms with E-state index in [2.05, 4.69) is 37.8 Å². The number of aromatic nitrogens is 1. The maximum absolute atomic E-state index is 12.6. The van der Waals surface area contributed by atoms with E-state index in [4.69, 9.17) is 9.26 Å². The summed E-state index contributed by atoms with van der Waals surface area (Å²) in [6.07, 6.45) is -0.00806. The Hall–Kier alpha value is -1.40. The summed E-state index contributed by atoms with van der Waals surface area (Å²) >= 11 is 0. The molecule has 0 aliphatic carbocycles. The van der Waals surface area contributed by atoms with Gasteiger partial charge in [0.15, 0.2) is 0 Å². The van der Waals surface area contributed by atoms with Crippen LogP contribution in [0.1, 0.15) is 44.7 Å². The van der Waals surface area contributed by atoms with Crippen LogP contribution in [0, 0.1) is 19.8 Å².